The molecule has 0 unspecified atom stereocenters. The maximum Gasteiger partial charge on any atom is 0.223 e. The molecule has 1 heterocycles. The zero-order valence-corrected chi connectivity index (χ0v) is 17.6. The quantitative estimate of drug-likeness (QED) is 0.728. The minimum atomic E-state index is 0.00393. The van der Waals surface area contributed by atoms with Crippen LogP contribution >= 0.6 is 12.6 Å². The van der Waals surface area contributed by atoms with Crippen LogP contribution in [0.1, 0.15) is 39.2 Å². The average molecular weight is 385 g/mol. The molecule has 4 heteroatoms. The fourth-order valence-corrected chi connectivity index (χ4v) is 4.21. The van der Waals surface area contributed by atoms with Crippen LogP contribution in [0.25, 0.3) is 10.8 Å². The van der Waals surface area contributed by atoms with Crippen LogP contribution in [0.4, 0.5) is 0 Å². The molecule has 1 saturated heterocycles. The highest BCUT2D eigenvalue weighted by molar-refractivity contribution is 7.81. The second-order valence-electron chi connectivity index (χ2n) is 8.96. The number of fused-ring (bicyclic) bond motifs is 1. The first-order chi connectivity index (χ1) is 12.8. The molecule has 0 bridgehead atoms. The molecule has 1 aliphatic rings. The van der Waals surface area contributed by atoms with Crippen LogP contribution in [-0.2, 0) is 11.2 Å². The monoisotopic (exact) mass is 384 g/mol. The van der Waals surface area contributed by atoms with E-state index in [1.165, 1.54) is 16.3 Å². The molecular formula is C23H32N2OS. The van der Waals surface area contributed by atoms with Crippen LogP contribution in [0, 0.1) is 5.41 Å². The van der Waals surface area contributed by atoms with Gasteiger partial charge < -0.3 is 10.2 Å². The summed E-state index contributed by atoms with van der Waals surface area (Å²) in [5.74, 6) is 0.257. The second-order valence-corrected chi connectivity index (χ2v) is 9.69. The molecule has 2 aromatic rings. The lowest BCUT2D eigenvalue weighted by molar-refractivity contribution is -0.133. The number of carbonyl (C=O) groups is 1. The van der Waals surface area contributed by atoms with Gasteiger partial charge in [0, 0.05) is 37.3 Å². The molecule has 0 aliphatic carbocycles. The molecule has 0 spiro atoms. The summed E-state index contributed by atoms with van der Waals surface area (Å²) in [7, 11) is 0. The molecule has 3 rings (SSSR count). The maximum absolute atomic E-state index is 13.0. The summed E-state index contributed by atoms with van der Waals surface area (Å²) in [6.07, 6.45) is 2.49. The van der Waals surface area contributed by atoms with Gasteiger partial charge in [0.1, 0.15) is 0 Å². The highest BCUT2D eigenvalue weighted by Gasteiger charge is 2.27. The molecule has 1 N–H and O–H groups in total. The number of thiol groups is 1. The van der Waals surface area contributed by atoms with Crippen molar-refractivity contribution < 1.29 is 4.79 Å². The Morgan fingerprint density at radius 1 is 1.19 bits per heavy atom. The largest absolute Gasteiger partial charge is 0.341 e. The number of rotatable bonds is 6. The minimum Gasteiger partial charge on any atom is -0.341 e. The molecule has 1 amide bonds. The van der Waals surface area contributed by atoms with Gasteiger partial charge in [-0.1, -0.05) is 63.2 Å². The van der Waals surface area contributed by atoms with Crippen molar-refractivity contribution in [3.8, 4) is 0 Å². The van der Waals surface area contributed by atoms with E-state index in [9.17, 15) is 4.79 Å². The summed E-state index contributed by atoms with van der Waals surface area (Å²) in [4.78, 5) is 15.1. The predicted molar refractivity (Wildman–Crippen MR) is 117 cm³/mol. The van der Waals surface area contributed by atoms with Gasteiger partial charge >= 0.3 is 0 Å². The molecule has 1 fully saturated rings. The van der Waals surface area contributed by atoms with Crippen LogP contribution in [0.5, 0.6) is 0 Å². The molecule has 27 heavy (non-hydrogen) atoms. The molecule has 0 saturated carbocycles. The Morgan fingerprint density at radius 3 is 2.63 bits per heavy atom. The SMILES string of the molecule is CC(C)(C)CC(=O)N(CCc1cccc2ccccc12)C[C@@H]1C[C@H](S)CN1. The number of carbonyl (C=O) groups excluding carboxylic acids is 1. The van der Waals surface area contributed by atoms with E-state index >= 15 is 0 Å². The summed E-state index contributed by atoms with van der Waals surface area (Å²) < 4.78 is 0. The predicted octanol–water partition coefficient (Wildman–Crippen LogP) is 4.31. The minimum absolute atomic E-state index is 0.00393. The summed E-state index contributed by atoms with van der Waals surface area (Å²) in [6, 6.07) is 15.3. The van der Waals surface area contributed by atoms with Crippen molar-refractivity contribution in [3.05, 3.63) is 48.0 Å². The Hall–Kier alpha value is -1.52. The number of nitrogens with one attached hydrogen (secondary N) is 1. The van der Waals surface area contributed by atoms with Gasteiger partial charge in [0.25, 0.3) is 0 Å². The van der Waals surface area contributed by atoms with Gasteiger partial charge in [0.2, 0.25) is 5.91 Å². The van der Waals surface area contributed by atoms with Crippen LogP contribution in [0.3, 0.4) is 0 Å². The Balaban J connectivity index is 1.72. The standard InChI is InChI=1S/C23H32N2OS/c1-23(2,3)14-22(26)25(16-19-13-20(27)15-24-19)12-11-18-9-6-8-17-7-4-5-10-21(17)18/h4-10,19-20,24,27H,11-16H2,1-3H3/t19-,20-/m0/s1. The Kier molecular flexibility index (Phi) is 6.48. The maximum atomic E-state index is 13.0. The first kappa shape index (κ1) is 20.2. The molecule has 2 aromatic carbocycles. The summed E-state index contributed by atoms with van der Waals surface area (Å²) >= 11 is 4.58. The number of benzene rings is 2. The number of amides is 1. The van der Waals surface area contributed by atoms with Gasteiger partial charge in [-0.25, -0.2) is 0 Å². The molecule has 0 radical (unpaired) electrons. The van der Waals surface area contributed by atoms with E-state index in [0.717, 1.165) is 32.5 Å². The average Bonchev–Trinajstić information content (AvgIpc) is 3.02. The zero-order valence-electron chi connectivity index (χ0n) is 16.7. The fourth-order valence-electron chi connectivity index (χ4n) is 3.85. The van der Waals surface area contributed by atoms with Crippen molar-refractivity contribution in [2.24, 2.45) is 5.41 Å². The lowest BCUT2D eigenvalue weighted by atomic mass is 9.91. The van der Waals surface area contributed by atoms with Crippen molar-refractivity contribution in [3.63, 3.8) is 0 Å². The summed E-state index contributed by atoms with van der Waals surface area (Å²) in [6.45, 7) is 8.86. The van der Waals surface area contributed by atoms with E-state index in [1.807, 2.05) is 0 Å². The van der Waals surface area contributed by atoms with Crippen molar-refractivity contribution in [1.29, 1.82) is 0 Å². The van der Waals surface area contributed by atoms with E-state index < -0.39 is 0 Å². The first-order valence-corrected chi connectivity index (χ1v) is 10.5. The van der Waals surface area contributed by atoms with Gasteiger partial charge in [-0.15, -0.1) is 0 Å². The van der Waals surface area contributed by atoms with E-state index in [2.05, 4.69) is 86.1 Å². The van der Waals surface area contributed by atoms with Crippen LogP contribution in [0.15, 0.2) is 42.5 Å². The molecule has 2 atom stereocenters. The van der Waals surface area contributed by atoms with Crippen molar-refractivity contribution in [2.75, 3.05) is 19.6 Å². The van der Waals surface area contributed by atoms with Gasteiger partial charge in [0.15, 0.2) is 0 Å². The fraction of sp³-hybridized carbons (Fsp3) is 0.522. The lowest BCUT2D eigenvalue weighted by Crippen LogP contribution is -2.43. The summed E-state index contributed by atoms with van der Waals surface area (Å²) in [5, 5.41) is 6.46. The van der Waals surface area contributed by atoms with Crippen molar-refractivity contribution in [1.82, 2.24) is 10.2 Å². The molecule has 3 nitrogen and oxygen atoms in total. The normalized spacial score (nSPS) is 20.1. The second kappa shape index (κ2) is 8.66. The van der Waals surface area contributed by atoms with Gasteiger partial charge in [-0.2, -0.15) is 12.6 Å². The van der Waals surface area contributed by atoms with E-state index in [1.54, 1.807) is 0 Å². The first-order valence-electron chi connectivity index (χ1n) is 9.98. The third-order valence-corrected chi connectivity index (χ3v) is 5.60. The van der Waals surface area contributed by atoms with E-state index in [4.69, 9.17) is 0 Å². The van der Waals surface area contributed by atoms with Crippen LogP contribution < -0.4 is 5.32 Å². The summed E-state index contributed by atoms with van der Waals surface area (Å²) in [5.41, 5.74) is 1.32. The van der Waals surface area contributed by atoms with Gasteiger partial charge in [-0.3, -0.25) is 4.79 Å². The van der Waals surface area contributed by atoms with E-state index in [-0.39, 0.29) is 11.3 Å². The zero-order chi connectivity index (χ0) is 19.4. The third-order valence-electron chi connectivity index (χ3n) is 5.20. The molecule has 146 valence electrons. The number of hydrogen-bond acceptors (Lipinski definition) is 3. The number of nitrogens with zero attached hydrogens (tertiary/aromatic N) is 1. The third kappa shape index (κ3) is 5.73. The van der Waals surface area contributed by atoms with Crippen molar-refractivity contribution in [2.45, 2.75) is 51.3 Å². The van der Waals surface area contributed by atoms with Gasteiger partial charge in [0.05, 0.1) is 0 Å². The molecule has 0 aromatic heterocycles. The number of hydrogen-bond donors (Lipinski definition) is 2. The lowest BCUT2D eigenvalue weighted by Gasteiger charge is -2.29. The molecule has 1 aliphatic heterocycles. The van der Waals surface area contributed by atoms with Gasteiger partial charge in [-0.05, 0) is 34.6 Å². The topological polar surface area (TPSA) is 32.3 Å². The van der Waals surface area contributed by atoms with E-state index in [0.29, 0.717) is 17.7 Å². The van der Waals surface area contributed by atoms with Crippen LogP contribution in [0.2, 0.25) is 0 Å². The van der Waals surface area contributed by atoms with Crippen molar-refractivity contribution >= 4 is 29.3 Å². The highest BCUT2D eigenvalue weighted by Crippen LogP contribution is 2.23. The smallest absolute Gasteiger partial charge is 0.223 e. The Labute approximate surface area is 168 Å². The molecular weight excluding hydrogens is 352 g/mol. The van der Waals surface area contributed by atoms with Crippen LogP contribution in [-0.4, -0.2) is 41.7 Å². The Morgan fingerprint density at radius 2 is 1.93 bits per heavy atom. The highest BCUT2D eigenvalue weighted by atomic mass is 32.1. The Bertz CT molecular complexity index is 778.